The number of nitrogens with zero attached hydrogens (tertiary/aromatic N) is 1. The van der Waals surface area contributed by atoms with Gasteiger partial charge in [0.25, 0.3) is 0 Å². The molecule has 0 spiro atoms. The van der Waals surface area contributed by atoms with Crippen LogP contribution in [0.5, 0.6) is 11.5 Å². The van der Waals surface area contributed by atoms with Crippen LogP contribution in [0, 0.1) is 5.92 Å². The average molecular weight is 384 g/mol. The van der Waals surface area contributed by atoms with Crippen LogP contribution in [0.15, 0.2) is 42.7 Å². The fourth-order valence-corrected chi connectivity index (χ4v) is 3.30. The largest absolute Gasteiger partial charge is 0.493 e. The van der Waals surface area contributed by atoms with E-state index in [1.807, 2.05) is 24.5 Å². The van der Waals surface area contributed by atoms with Gasteiger partial charge >= 0.3 is 0 Å². The maximum Gasteiger partial charge on any atom is 0.145 e. The molecule has 0 saturated carbocycles. The van der Waals surface area contributed by atoms with Gasteiger partial charge in [-0.25, -0.2) is 0 Å². The Morgan fingerprint density at radius 2 is 1.57 bits per heavy atom. The second-order valence-electron chi connectivity index (χ2n) is 7.69. The van der Waals surface area contributed by atoms with E-state index in [-0.39, 0.29) is 0 Å². The predicted octanol–water partition coefficient (Wildman–Crippen LogP) is 7.30. The van der Waals surface area contributed by atoms with Gasteiger partial charge in [-0.1, -0.05) is 77.5 Å². The van der Waals surface area contributed by atoms with E-state index in [9.17, 15) is 0 Å². The van der Waals surface area contributed by atoms with Crippen molar-refractivity contribution in [1.29, 1.82) is 0 Å². The van der Waals surface area contributed by atoms with Crippen LogP contribution in [0.3, 0.4) is 0 Å². The maximum atomic E-state index is 6.23. The molecule has 1 unspecified atom stereocenters. The molecule has 1 aromatic heterocycles. The van der Waals surface area contributed by atoms with Gasteiger partial charge in [0, 0.05) is 17.3 Å². The minimum Gasteiger partial charge on any atom is -0.493 e. The standard InChI is InChI=1S/C25H37NO2/c1-4-6-8-9-13-21(3)20-28-24-15-11-10-14-22(24)23-16-17-26-19-25(23)27-18-12-7-5-2/h10-11,14-17,19,21H,4-9,12-13,18,20H2,1-3H3. The summed E-state index contributed by atoms with van der Waals surface area (Å²) in [6, 6.07) is 10.3. The van der Waals surface area contributed by atoms with Crippen LogP contribution in [0.1, 0.15) is 72.1 Å². The highest BCUT2D eigenvalue weighted by Crippen LogP contribution is 2.36. The Balaban J connectivity index is 2.01. The van der Waals surface area contributed by atoms with E-state index < -0.39 is 0 Å². The smallest absolute Gasteiger partial charge is 0.145 e. The van der Waals surface area contributed by atoms with Crippen molar-refractivity contribution in [1.82, 2.24) is 4.98 Å². The fraction of sp³-hybridized carbons (Fsp3) is 0.560. The minimum atomic E-state index is 0.562. The Bertz CT molecular complexity index is 671. The van der Waals surface area contributed by atoms with Crippen molar-refractivity contribution in [2.75, 3.05) is 13.2 Å². The molecule has 28 heavy (non-hydrogen) atoms. The number of pyridine rings is 1. The van der Waals surface area contributed by atoms with Gasteiger partial charge in [-0.2, -0.15) is 0 Å². The van der Waals surface area contributed by atoms with Crippen molar-refractivity contribution < 1.29 is 9.47 Å². The number of aromatic nitrogens is 1. The first-order valence-corrected chi connectivity index (χ1v) is 11.0. The van der Waals surface area contributed by atoms with E-state index in [1.165, 1.54) is 44.9 Å². The molecule has 0 aliphatic heterocycles. The van der Waals surface area contributed by atoms with Crippen molar-refractivity contribution in [3.8, 4) is 22.6 Å². The molecule has 1 heterocycles. The highest BCUT2D eigenvalue weighted by atomic mass is 16.5. The normalized spacial score (nSPS) is 12.0. The number of hydrogen-bond donors (Lipinski definition) is 0. The lowest BCUT2D eigenvalue weighted by molar-refractivity contribution is 0.249. The summed E-state index contributed by atoms with van der Waals surface area (Å²) in [5.74, 6) is 2.32. The van der Waals surface area contributed by atoms with Gasteiger partial charge in [0.15, 0.2) is 0 Å². The van der Waals surface area contributed by atoms with Crippen LogP contribution in [0.25, 0.3) is 11.1 Å². The number of rotatable bonds is 14. The monoisotopic (exact) mass is 383 g/mol. The Kier molecular flexibility index (Phi) is 10.5. The second-order valence-corrected chi connectivity index (χ2v) is 7.69. The van der Waals surface area contributed by atoms with Crippen molar-refractivity contribution in [3.05, 3.63) is 42.7 Å². The molecule has 0 N–H and O–H groups in total. The number of unbranched alkanes of at least 4 members (excludes halogenated alkanes) is 5. The molecular formula is C25H37NO2. The number of para-hydroxylation sites is 1. The first-order valence-electron chi connectivity index (χ1n) is 11.0. The highest BCUT2D eigenvalue weighted by Gasteiger charge is 2.13. The van der Waals surface area contributed by atoms with Crippen LogP contribution in [-0.4, -0.2) is 18.2 Å². The summed E-state index contributed by atoms with van der Waals surface area (Å²) >= 11 is 0. The van der Waals surface area contributed by atoms with E-state index in [4.69, 9.17) is 9.47 Å². The molecule has 154 valence electrons. The van der Waals surface area contributed by atoms with Gasteiger partial charge in [-0.15, -0.1) is 0 Å². The molecule has 0 bridgehead atoms. The molecule has 0 saturated heterocycles. The summed E-state index contributed by atoms with van der Waals surface area (Å²) in [7, 11) is 0. The third-order valence-corrected chi connectivity index (χ3v) is 5.04. The molecule has 2 rings (SSSR count). The lowest BCUT2D eigenvalue weighted by Crippen LogP contribution is -2.09. The molecule has 3 heteroatoms. The maximum absolute atomic E-state index is 6.23. The molecular weight excluding hydrogens is 346 g/mol. The Labute approximate surface area is 171 Å². The van der Waals surface area contributed by atoms with E-state index >= 15 is 0 Å². The van der Waals surface area contributed by atoms with Crippen LogP contribution in [0.2, 0.25) is 0 Å². The summed E-state index contributed by atoms with van der Waals surface area (Å²) in [4.78, 5) is 4.26. The summed E-state index contributed by atoms with van der Waals surface area (Å²) < 4.78 is 12.3. The Hall–Kier alpha value is -2.03. The zero-order valence-corrected chi connectivity index (χ0v) is 18.0. The van der Waals surface area contributed by atoms with Crippen molar-refractivity contribution in [2.45, 2.75) is 72.1 Å². The first-order chi connectivity index (χ1) is 13.8. The first kappa shape index (κ1) is 22.3. The molecule has 1 atom stereocenters. The lowest BCUT2D eigenvalue weighted by atomic mass is 10.0. The predicted molar refractivity (Wildman–Crippen MR) is 118 cm³/mol. The van der Waals surface area contributed by atoms with E-state index in [1.54, 1.807) is 0 Å². The number of hydrogen-bond acceptors (Lipinski definition) is 3. The van der Waals surface area contributed by atoms with E-state index in [0.29, 0.717) is 5.92 Å². The SMILES string of the molecule is CCCCCCC(C)COc1ccccc1-c1ccncc1OCCCCC. The van der Waals surface area contributed by atoms with Gasteiger partial charge in [-0.05, 0) is 30.9 Å². The average Bonchev–Trinajstić information content (AvgIpc) is 2.73. The van der Waals surface area contributed by atoms with Crippen molar-refractivity contribution >= 4 is 0 Å². The van der Waals surface area contributed by atoms with Gasteiger partial charge in [-0.3, -0.25) is 4.98 Å². The van der Waals surface area contributed by atoms with E-state index in [2.05, 4.69) is 44.0 Å². The fourth-order valence-electron chi connectivity index (χ4n) is 3.30. The lowest BCUT2D eigenvalue weighted by Gasteiger charge is -2.17. The molecule has 0 aliphatic rings. The van der Waals surface area contributed by atoms with Crippen LogP contribution in [0.4, 0.5) is 0 Å². The number of benzene rings is 1. The van der Waals surface area contributed by atoms with Gasteiger partial charge in [0.2, 0.25) is 0 Å². The van der Waals surface area contributed by atoms with E-state index in [0.717, 1.165) is 42.3 Å². The Morgan fingerprint density at radius 1 is 0.821 bits per heavy atom. The quantitative estimate of drug-likeness (QED) is 0.321. The van der Waals surface area contributed by atoms with Crippen LogP contribution < -0.4 is 9.47 Å². The molecule has 0 amide bonds. The van der Waals surface area contributed by atoms with Crippen LogP contribution >= 0.6 is 0 Å². The second kappa shape index (κ2) is 13.2. The molecule has 0 radical (unpaired) electrons. The molecule has 0 aliphatic carbocycles. The minimum absolute atomic E-state index is 0.562. The van der Waals surface area contributed by atoms with Crippen LogP contribution in [-0.2, 0) is 0 Å². The topological polar surface area (TPSA) is 31.4 Å². The molecule has 2 aromatic rings. The summed E-state index contributed by atoms with van der Waals surface area (Å²) in [5.41, 5.74) is 2.13. The number of ether oxygens (including phenoxy) is 2. The Morgan fingerprint density at radius 3 is 2.39 bits per heavy atom. The summed E-state index contributed by atoms with van der Waals surface area (Å²) in [6.07, 6.45) is 13.5. The highest BCUT2D eigenvalue weighted by molar-refractivity contribution is 5.75. The zero-order chi connectivity index (χ0) is 20.0. The van der Waals surface area contributed by atoms with Crippen molar-refractivity contribution in [2.24, 2.45) is 5.92 Å². The third kappa shape index (κ3) is 7.53. The zero-order valence-electron chi connectivity index (χ0n) is 18.0. The molecule has 1 aromatic carbocycles. The summed E-state index contributed by atoms with van der Waals surface area (Å²) in [6.45, 7) is 8.22. The molecule has 0 fully saturated rings. The summed E-state index contributed by atoms with van der Waals surface area (Å²) in [5, 5.41) is 0. The molecule has 3 nitrogen and oxygen atoms in total. The van der Waals surface area contributed by atoms with Crippen molar-refractivity contribution in [3.63, 3.8) is 0 Å². The van der Waals surface area contributed by atoms with Gasteiger partial charge < -0.3 is 9.47 Å². The third-order valence-electron chi connectivity index (χ3n) is 5.04. The van der Waals surface area contributed by atoms with Gasteiger partial charge in [0.1, 0.15) is 11.5 Å². The van der Waals surface area contributed by atoms with Gasteiger partial charge in [0.05, 0.1) is 19.4 Å².